The fourth-order valence-corrected chi connectivity index (χ4v) is 3.86. The summed E-state index contributed by atoms with van der Waals surface area (Å²) in [6.07, 6.45) is 1.74. The largest absolute Gasteiger partial charge is 0.467 e. The van der Waals surface area contributed by atoms with Gasteiger partial charge in [0.25, 0.3) is 0 Å². The molecule has 0 N–H and O–H groups in total. The molecule has 0 bridgehead atoms. The first-order valence-electron chi connectivity index (χ1n) is 10.1. The Bertz CT molecular complexity index is 1080. The third-order valence-corrected chi connectivity index (χ3v) is 5.65. The molecule has 0 radical (unpaired) electrons. The molecule has 8 heteroatoms. The highest BCUT2D eigenvalue weighted by molar-refractivity contribution is 6.30. The zero-order chi connectivity index (χ0) is 21.8. The Labute approximate surface area is 185 Å². The van der Waals surface area contributed by atoms with Crippen LogP contribution in [0.3, 0.4) is 0 Å². The van der Waals surface area contributed by atoms with Crippen molar-refractivity contribution in [1.82, 2.24) is 15.0 Å². The van der Waals surface area contributed by atoms with Crippen molar-refractivity contribution in [2.75, 3.05) is 7.11 Å². The maximum atomic E-state index is 12.9. The van der Waals surface area contributed by atoms with E-state index in [4.69, 9.17) is 20.9 Å². The molecule has 160 valence electrons. The van der Waals surface area contributed by atoms with E-state index in [1.54, 1.807) is 17.0 Å². The standard InChI is InChI=1S/C23H22ClN3O4/c1-30-23(29)19-13-16-5-2-3-6-17(16)14-27(19)21(28)8-4-7-20-25-22(26-31-20)15-9-11-18(24)12-10-15/h2-3,5-6,9-12,19H,4,7-8,13-14H2,1H3. The smallest absolute Gasteiger partial charge is 0.328 e. The summed E-state index contributed by atoms with van der Waals surface area (Å²) in [6, 6.07) is 14.4. The van der Waals surface area contributed by atoms with Gasteiger partial charge in [-0.3, -0.25) is 4.79 Å². The SMILES string of the molecule is COC(=O)C1Cc2ccccc2CN1C(=O)CCCc1nc(-c2ccc(Cl)cc2)no1. The number of hydrogen-bond donors (Lipinski definition) is 0. The maximum Gasteiger partial charge on any atom is 0.328 e. The van der Waals surface area contributed by atoms with Gasteiger partial charge in [-0.05, 0) is 41.8 Å². The van der Waals surface area contributed by atoms with E-state index in [2.05, 4.69) is 10.1 Å². The molecule has 0 saturated carbocycles. The number of hydrogen-bond acceptors (Lipinski definition) is 6. The van der Waals surface area contributed by atoms with Gasteiger partial charge in [0.1, 0.15) is 6.04 Å². The van der Waals surface area contributed by atoms with Gasteiger partial charge in [0.15, 0.2) is 0 Å². The van der Waals surface area contributed by atoms with E-state index >= 15 is 0 Å². The van der Waals surface area contributed by atoms with E-state index in [1.807, 2.05) is 36.4 Å². The number of ether oxygens (including phenoxy) is 1. The van der Waals surface area contributed by atoms with Crippen LogP contribution in [-0.4, -0.2) is 40.1 Å². The molecule has 1 amide bonds. The van der Waals surface area contributed by atoms with Crippen LogP contribution in [0.2, 0.25) is 5.02 Å². The predicted octanol–water partition coefficient (Wildman–Crippen LogP) is 3.84. The van der Waals surface area contributed by atoms with Crippen molar-refractivity contribution in [1.29, 1.82) is 0 Å². The molecule has 1 aliphatic heterocycles. The van der Waals surface area contributed by atoms with E-state index in [-0.39, 0.29) is 12.3 Å². The lowest BCUT2D eigenvalue weighted by Crippen LogP contribution is -2.49. The number of halogens is 1. The van der Waals surface area contributed by atoms with Gasteiger partial charge in [-0.1, -0.05) is 41.0 Å². The molecule has 31 heavy (non-hydrogen) atoms. The van der Waals surface area contributed by atoms with Gasteiger partial charge in [0.05, 0.1) is 7.11 Å². The number of rotatable bonds is 6. The Kier molecular flexibility index (Phi) is 6.32. The van der Waals surface area contributed by atoms with E-state index < -0.39 is 12.0 Å². The highest BCUT2D eigenvalue weighted by Crippen LogP contribution is 2.25. The Morgan fingerprint density at radius 1 is 1.16 bits per heavy atom. The fraction of sp³-hybridized carbons (Fsp3) is 0.304. The molecule has 7 nitrogen and oxygen atoms in total. The first-order valence-corrected chi connectivity index (χ1v) is 10.5. The predicted molar refractivity (Wildman–Crippen MR) is 114 cm³/mol. The molecule has 0 saturated heterocycles. The van der Waals surface area contributed by atoms with Gasteiger partial charge in [0.2, 0.25) is 17.6 Å². The zero-order valence-corrected chi connectivity index (χ0v) is 17.8. The molecule has 0 aliphatic carbocycles. The van der Waals surface area contributed by atoms with Crippen molar-refractivity contribution in [2.45, 2.75) is 38.3 Å². The lowest BCUT2D eigenvalue weighted by atomic mass is 9.93. The summed E-state index contributed by atoms with van der Waals surface area (Å²) in [5.41, 5.74) is 2.94. The van der Waals surface area contributed by atoms with Gasteiger partial charge >= 0.3 is 5.97 Å². The van der Waals surface area contributed by atoms with Crippen LogP contribution in [0, 0.1) is 0 Å². The number of aryl methyl sites for hydroxylation is 1. The molecule has 3 aromatic rings. The van der Waals surface area contributed by atoms with Crippen LogP contribution in [0.1, 0.15) is 29.9 Å². The summed E-state index contributed by atoms with van der Waals surface area (Å²) in [4.78, 5) is 31.2. The number of carbonyl (C=O) groups excluding carboxylic acids is 2. The average molecular weight is 440 g/mol. The van der Waals surface area contributed by atoms with Gasteiger partial charge in [0, 0.05) is 36.4 Å². The maximum absolute atomic E-state index is 12.9. The number of carbonyl (C=O) groups is 2. The molecule has 1 aliphatic rings. The molecule has 0 spiro atoms. The van der Waals surface area contributed by atoms with Gasteiger partial charge in [-0.2, -0.15) is 4.98 Å². The number of amides is 1. The summed E-state index contributed by atoms with van der Waals surface area (Å²) in [7, 11) is 1.35. The first kappa shape index (κ1) is 21.1. The number of nitrogens with zero attached hydrogens (tertiary/aromatic N) is 3. The Balaban J connectivity index is 1.38. The third kappa shape index (κ3) is 4.77. The Morgan fingerprint density at radius 2 is 1.90 bits per heavy atom. The van der Waals surface area contributed by atoms with Crippen molar-refractivity contribution in [3.63, 3.8) is 0 Å². The van der Waals surface area contributed by atoms with Crippen LogP contribution in [0.5, 0.6) is 0 Å². The molecule has 1 unspecified atom stereocenters. The minimum Gasteiger partial charge on any atom is -0.467 e. The molecule has 1 aromatic heterocycles. The Hall–Kier alpha value is -3.19. The van der Waals surface area contributed by atoms with Crippen molar-refractivity contribution < 1.29 is 18.8 Å². The van der Waals surface area contributed by atoms with Crippen LogP contribution in [0.4, 0.5) is 0 Å². The molecule has 1 atom stereocenters. The second-order valence-electron chi connectivity index (χ2n) is 7.41. The summed E-state index contributed by atoms with van der Waals surface area (Å²) in [6.45, 7) is 0.399. The topological polar surface area (TPSA) is 85.5 Å². The minimum absolute atomic E-state index is 0.0951. The molecule has 2 heterocycles. The fourth-order valence-electron chi connectivity index (χ4n) is 3.74. The van der Waals surface area contributed by atoms with Crippen molar-refractivity contribution in [3.8, 4) is 11.4 Å². The van der Waals surface area contributed by atoms with Crippen LogP contribution in [0.15, 0.2) is 53.1 Å². The van der Waals surface area contributed by atoms with Crippen molar-refractivity contribution >= 4 is 23.5 Å². The molecular formula is C23H22ClN3O4. The monoisotopic (exact) mass is 439 g/mol. The highest BCUT2D eigenvalue weighted by atomic mass is 35.5. The number of fused-ring (bicyclic) bond motifs is 1. The summed E-state index contributed by atoms with van der Waals surface area (Å²) < 4.78 is 10.2. The number of aromatic nitrogens is 2. The van der Waals surface area contributed by atoms with Crippen molar-refractivity contribution in [2.24, 2.45) is 0 Å². The summed E-state index contributed by atoms with van der Waals surface area (Å²) >= 11 is 5.90. The van der Waals surface area contributed by atoms with Gasteiger partial charge < -0.3 is 14.2 Å². The van der Waals surface area contributed by atoms with Gasteiger partial charge in [-0.25, -0.2) is 4.79 Å². The second-order valence-corrected chi connectivity index (χ2v) is 7.84. The van der Waals surface area contributed by atoms with E-state index in [0.717, 1.165) is 16.7 Å². The number of methoxy groups -OCH3 is 1. The van der Waals surface area contributed by atoms with Crippen LogP contribution < -0.4 is 0 Å². The molecule has 4 rings (SSSR count). The molecule has 0 fully saturated rings. The van der Waals surface area contributed by atoms with Crippen LogP contribution in [0.25, 0.3) is 11.4 Å². The van der Waals surface area contributed by atoms with E-state index in [0.29, 0.717) is 42.5 Å². The number of benzene rings is 2. The molecule has 2 aromatic carbocycles. The molecular weight excluding hydrogens is 418 g/mol. The first-order chi connectivity index (χ1) is 15.0. The van der Waals surface area contributed by atoms with Crippen LogP contribution >= 0.6 is 11.6 Å². The second kappa shape index (κ2) is 9.31. The van der Waals surface area contributed by atoms with E-state index in [9.17, 15) is 9.59 Å². The van der Waals surface area contributed by atoms with Gasteiger partial charge in [-0.15, -0.1) is 0 Å². The summed E-state index contributed by atoms with van der Waals surface area (Å²) in [5.74, 6) is 0.456. The number of esters is 1. The summed E-state index contributed by atoms with van der Waals surface area (Å²) in [5, 5.41) is 4.63. The highest BCUT2D eigenvalue weighted by Gasteiger charge is 2.34. The lowest BCUT2D eigenvalue weighted by Gasteiger charge is -2.35. The normalized spacial score (nSPS) is 15.4. The minimum atomic E-state index is -0.604. The lowest BCUT2D eigenvalue weighted by molar-refractivity contribution is -0.154. The zero-order valence-electron chi connectivity index (χ0n) is 17.1. The van der Waals surface area contributed by atoms with E-state index in [1.165, 1.54) is 7.11 Å². The quantitative estimate of drug-likeness (QED) is 0.542. The third-order valence-electron chi connectivity index (χ3n) is 5.39. The van der Waals surface area contributed by atoms with Crippen LogP contribution in [-0.2, 0) is 33.7 Å². The average Bonchev–Trinajstić information content (AvgIpc) is 3.27. The van der Waals surface area contributed by atoms with Crippen molar-refractivity contribution in [3.05, 3.63) is 70.6 Å². The Morgan fingerprint density at radius 3 is 2.65 bits per heavy atom.